The first kappa shape index (κ1) is 9.74. The maximum absolute atomic E-state index is 13.2. The van der Waals surface area contributed by atoms with Crippen LogP contribution < -0.4 is 11.5 Å². The van der Waals surface area contributed by atoms with E-state index in [-0.39, 0.29) is 5.82 Å². The number of nitrogens with two attached hydrogens (primary N) is 2. The van der Waals surface area contributed by atoms with E-state index < -0.39 is 6.04 Å². The van der Waals surface area contributed by atoms with Crippen molar-refractivity contribution in [1.82, 2.24) is 0 Å². The fourth-order valence-corrected chi connectivity index (χ4v) is 1.24. The Morgan fingerprint density at radius 1 is 1.54 bits per heavy atom. The molecule has 0 amide bonds. The number of hydrogen-bond donors (Lipinski definition) is 2. The Kier molecular flexibility index (Phi) is 3.03. The Labute approximate surface area is 77.0 Å². The predicted octanol–water partition coefficient (Wildman–Crippen LogP) is 1.98. The summed E-state index contributed by atoms with van der Waals surface area (Å²) in [4.78, 5) is 0. The van der Waals surface area contributed by atoms with E-state index in [4.69, 9.17) is 11.5 Å². The zero-order chi connectivity index (χ0) is 9.84. The highest BCUT2D eigenvalue weighted by Crippen LogP contribution is 2.24. The van der Waals surface area contributed by atoms with Crippen molar-refractivity contribution in [2.24, 2.45) is 5.73 Å². The number of nitrogen functional groups attached to an aromatic ring is 1. The van der Waals surface area contributed by atoms with Gasteiger partial charge in [0, 0.05) is 17.3 Å². The van der Waals surface area contributed by atoms with E-state index in [1.807, 2.05) is 0 Å². The Bertz CT molecular complexity index is 290. The summed E-state index contributed by atoms with van der Waals surface area (Å²) in [6, 6.07) is 4.16. The molecule has 0 unspecified atom stereocenters. The summed E-state index contributed by atoms with van der Waals surface area (Å²) < 4.78 is 13.2. The van der Waals surface area contributed by atoms with Crippen LogP contribution in [-0.4, -0.2) is 0 Å². The Balaban J connectivity index is 3.04. The van der Waals surface area contributed by atoms with Crippen LogP contribution in [0.3, 0.4) is 0 Å². The summed E-state index contributed by atoms with van der Waals surface area (Å²) in [5, 5.41) is 0. The van der Waals surface area contributed by atoms with Gasteiger partial charge in [-0.05, 0) is 18.6 Å². The van der Waals surface area contributed by atoms with Crippen molar-refractivity contribution >= 4 is 5.69 Å². The molecule has 0 radical (unpaired) electrons. The van der Waals surface area contributed by atoms with Gasteiger partial charge in [0.1, 0.15) is 5.82 Å². The van der Waals surface area contributed by atoms with Crippen LogP contribution in [0.25, 0.3) is 0 Å². The van der Waals surface area contributed by atoms with Crippen LogP contribution in [0.15, 0.2) is 30.9 Å². The lowest BCUT2D eigenvalue weighted by Crippen LogP contribution is -2.13. The molecule has 0 heterocycles. The summed E-state index contributed by atoms with van der Waals surface area (Å²) in [5.41, 5.74) is 12.1. The standard InChI is InChI=1S/C10H13FN2/c1-2-4-8(12)10-7(11)5-3-6-9(10)13/h2-3,5-6,8H,1,4,12-13H2/t8-/m1/s1. The van der Waals surface area contributed by atoms with Gasteiger partial charge in [-0.15, -0.1) is 6.58 Å². The van der Waals surface area contributed by atoms with Gasteiger partial charge < -0.3 is 11.5 Å². The molecular weight excluding hydrogens is 167 g/mol. The van der Waals surface area contributed by atoms with E-state index in [2.05, 4.69) is 6.58 Å². The first-order chi connectivity index (χ1) is 6.16. The minimum Gasteiger partial charge on any atom is -0.398 e. The average molecular weight is 180 g/mol. The largest absolute Gasteiger partial charge is 0.398 e. The first-order valence-electron chi connectivity index (χ1n) is 4.07. The van der Waals surface area contributed by atoms with Crippen molar-refractivity contribution in [3.05, 3.63) is 42.2 Å². The maximum Gasteiger partial charge on any atom is 0.130 e. The molecule has 0 aliphatic heterocycles. The van der Waals surface area contributed by atoms with Gasteiger partial charge in [-0.1, -0.05) is 12.1 Å². The second-order valence-corrected chi connectivity index (χ2v) is 2.87. The van der Waals surface area contributed by atoms with Gasteiger partial charge in [0.25, 0.3) is 0 Å². The van der Waals surface area contributed by atoms with Crippen molar-refractivity contribution < 1.29 is 4.39 Å². The summed E-state index contributed by atoms with van der Waals surface area (Å²) in [7, 11) is 0. The molecule has 1 atom stereocenters. The molecule has 1 rings (SSSR count). The topological polar surface area (TPSA) is 52.0 Å². The number of hydrogen-bond acceptors (Lipinski definition) is 2. The minimum absolute atomic E-state index is 0.352. The number of rotatable bonds is 3. The van der Waals surface area contributed by atoms with Crippen LogP contribution in [0.1, 0.15) is 18.0 Å². The van der Waals surface area contributed by atoms with E-state index >= 15 is 0 Å². The lowest BCUT2D eigenvalue weighted by molar-refractivity contribution is 0.585. The van der Waals surface area contributed by atoms with Crippen molar-refractivity contribution in [2.75, 3.05) is 5.73 Å². The van der Waals surface area contributed by atoms with Gasteiger partial charge in [0.05, 0.1) is 0 Å². The smallest absolute Gasteiger partial charge is 0.130 e. The lowest BCUT2D eigenvalue weighted by atomic mass is 10.0. The third-order valence-corrected chi connectivity index (χ3v) is 1.88. The molecule has 70 valence electrons. The van der Waals surface area contributed by atoms with Gasteiger partial charge in [-0.25, -0.2) is 4.39 Å². The molecule has 4 N–H and O–H groups in total. The summed E-state index contributed by atoms with van der Waals surface area (Å²) >= 11 is 0. The molecule has 1 aromatic carbocycles. The van der Waals surface area contributed by atoms with Crippen LogP contribution in [0.4, 0.5) is 10.1 Å². The maximum atomic E-state index is 13.2. The molecule has 0 aliphatic carbocycles. The summed E-state index contributed by atoms with van der Waals surface area (Å²) in [6.45, 7) is 3.54. The molecule has 2 nitrogen and oxygen atoms in total. The van der Waals surface area contributed by atoms with Crippen LogP contribution >= 0.6 is 0 Å². The highest BCUT2D eigenvalue weighted by molar-refractivity contribution is 5.49. The van der Waals surface area contributed by atoms with Crippen molar-refractivity contribution in [3.8, 4) is 0 Å². The van der Waals surface area contributed by atoms with Gasteiger partial charge in [0.2, 0.25) is 0 Å². The minimum atomic E-state index is -0.404. The fourth-order valence-electron chi connectivity index (χ4n) is 1.24. The van der Waals surface area contributed by atoms with Gasteiger partial charge >= 0.3 is 0 Å². The van der Waals surface area contributed by atoms with Crippen LogP contribution in [-0.2, 0) is 0 Å². The van der Waals surface area contributed by atoms with Gasteiger partial charge in [-0.2, -0.15) is 0 Å². The van der Waals surface area contributed by atoms with Crippen LogP contribution in [0.2, 0.25) is 0 Å². The number of anilines is 1. The third-order valence-electron chi connectivity index (χ3n) is 1.88. The Hall–Kier alpha value is -1.35. The molecule has 0 saturated heterocycles. The third kappa shape index (κ3) is 2.06. The molecule has 0 aromatic heterocycles. The van der Waals surface area contributed by atoms with E-state index in [0.29, 0.717) is 17.7 Å². The molecular formula is C10H13FN2. The normalized spacial score (nSPS) is 12.5. The zero-order valence-electron chi connectivity index (χ0n) is 7.33. The molecule has 0 saturated carbocycles. The first-order valence-corrected chi connectivity index (χ1v) is 4.07. The fraction of sp³-hybridized carbons (Fsp3) is 0.200. The lowest BCUT2D eigenvalue weighted by Gasteiger charge is -2.12. The second-order valence-electron chi connectivity index (χ2n) is 2.87. The Morgan fingerprint density at radius 3 is 2.77 bits per heavy atom. The van der Waals surface area contributed by atoms with Crippen molar-refractivity contribution in [1.29, 1.82) is 0 Å². The Morgan fingerprint density at radius 2 is 2.23 bits per heavy atom. The summed E-state index contributed by atoms with van der Waals surface area (Å²) in [6.07, 6.45) is 2.17. The van der Waals surface area contributed by atoms with E-state index in [1.165, 1.54) is 6.07 Å². The van der Waals surface area contributed by atoms with Crippen LogP contribution in [0, 0.1) is 5.82 Å². The predicted molar refractivity (Wildman–Crippen MR) is 52.6 cm³/mol. The average Bonchev–Trinajstić information content (AvgIpc) is 2.04. The van der Waals surface area contributed by atoms with E-state index in [1.54, 1.807) is 18.2 Å². The summed E-state index contributed by atoms with van der Waals surface area (Å²) in [5.74, 6) is -0.352. The van der Waals surface area contributed by atoms with Gasteiger partial charge in [-0.3, -0.25) is 0 Å². The molecule has 0 bridgehead atoms. The number of benzene rings is 1. The highest BCUT2D eigenvalue weighted by Gasteiger charge is 2.12. The second kappa shape index (κ2) is 4.05. The van der Waals surface area contributed by atoms with Gasteiger partial charge in [0.15, 0.2) is 0 Å². The van der Waals surface area contributed by atoms with Crippen molar-refractivity contribution in [2.45, 2.75) is 12.5 Å². The molecule has 13 heavy (non-hydrogen) atoms. The SMILES string of the molecule is C=CC[C@@H](N)c1c(N)cccc1F. The number of halogens is 1. The zero-order valence-corrected chi connectivity index (χ0v) is 7.33. The van der Waals surface area contributed by atoms with E-state index in [9.17, 15) is 4.39 Å². The molecule has 1 aromatic rings. The van der Waals surface area contributed by atoms with E-state index in [0.717, 1.165) is 0 Å². The van der Waals surface area contributed by atoms with Crippen LogP contribution in [0.5, 0.6) is 0 Å². The van der Waals surface area contributed by atoms with Crippen molar-refractivity contribution in [3.63, 3.8) is 0 Å². The molecule has 0 spiro atoms. The quantitative estimate of drug-likeness (QED) is 0.552. The molecule has 0 aliphatic rings. The molecule has 3 heteroatoms. The monoisotopic (exact) mass is 180 g/mol. The molecule has 0 fully saturated rings. The highest BCUT2D eigenvalue weighted by atomic mass is 19.1.